The van der Waals surface area contributed by atoms with Gasteiger partial charge in [0, 0.05) is 24.3 Å². The maximum atomic E-state index is 14.7. The topological polar surface area (TPSA) is 113 Å². The first kappa shape index (κ1) is 38.2. The highest BCUT2D eigenvalue weighted by Gasteiger charge is 2.64. The zero-order valence-electron chi connectivity index (χ0n) is 28.9. The summed E-state index contributed by atoms with van der Waals surface area (Å²) in [7, 11) is -3.42. The Labute approximate surface area is 290 Å². The summed E-state index contributed by atoms with van der Waals surface area (Å²) >= 11 is 0. The minimum atomic E-state index is -5.26. The second-order valence-electron chi connectivity index (χ2n) is 13.0. The Bertz CT molecular complexity index is 1980. The van der Waals surface area contributed by atoms with Crippen molar-refractivity contribution in [3.8, 4) is 0 Å². The van der Waals surface area contributed by atoms with Gasteiger partial charge in [-0.15, -0.1) is 0 Å². The fourth-order valence-electron chi connectivity index (χ4n) is 6.08. The molecule has 3 aromatic carbocycles. The van der Waals surface area contributed by atoms with Crippen LogP contribution in [-0.2, 0) is 41.1 Å². The molecule has 1 aromatic heterocycles. The van der Waals surface area contributed by atoms with Crippen LogP contribution in [0.4, 0.5) is 18.0 Å². The van der Waals surface area contributed by atoms with E-state index in [2.05, 4.69) is 11.9 Å². The summed E-state index contributed by atoms with van der Waals surface area (Å²) in [5.74, 6) is -1.80. The van der Waals surface area contributed by atoms with Crippen LogP contribution in [0.25, 0.3) is 10.9 Å². The number of carbonyl (C=O) groups excluding carboxylic acids is 2. The van der Waals surface area contributed by atoms with Crippen molar-refractivity contribution < 1.29 is 45.4 Å². The Morgan fingerprint density at radius 2 is 1.54 bits per heavy atom. The molecule has 50 heavy (non-hydrogen) atoms. The van der Waals surface area contributed by atoms with Crippen LogP contribution in [0, 0.1) is 20.8 Å². The van der Waals surface area contributed by atoms with Crippen LogP contribution >= 0.6 is 0 Å². The second kappa shape index (κ2) is 14.3. The normalized spacial score (nSPS) is 14.8. The summed E-state index contributed by atoms with van der Waals surface area (Å²) in [5, 5.41) is 3.09. The molecule has 1 heterocycles. The number of hydrogen-bond acceptors (Lipinski definition) is 7. The van der Waals surface area contributed by atoms with Gasteiger partial charge in [-0.3, -0.25) is 0 Å². The van der Waals surface area contributed by atoms with Crippen molar-refractivity contribution in [2.75, 3.05) is 7.11 Å². The average molecular weight is 715 g/mol. The lowest BCUT2D eigenvalue weighted by Crippen LogP contribution is -2.55. The molecule has 0 saturated carbocycles. The molecule has 3 atom stereocenters. The smallest absolute Gasteiger partial charge is 0.432 e. The molecular formula is C37H41F3N2O7S. The van der Waals surface area contributed by atoms with E-state index >= 15 is 0 Å². The number of ether oxygens (including phenoxy) is 3. The number of carbonyl (C=O) groups is 2. The third kappa shape index (κ3) is 7.58. The average Bonchev–Trinajstić information content (AvgIpc) is 3.37. The van der Waals surface area contributed by atoms with Crippen LogP contribution in [0.15, 0.2) is 90.5 Å². The molecular weight excluding hydrogens is 673 g/mol. The van der Waals surface area contributed by atoms with E-state index in [-0.39, 0.29) is 11.3 Å². The SMILES string of the molecule is C=C[C@H](OC(=O)C(OC)(c1ccccc1)C(F)(F)F)[C@H](Cc1cn(S(=O)(=O)c2c(C)cc(C)cc2C)c2ccccc12)NC(=O)OC(C)(C)C. The summed E-state index contributed by atoms with van der Waals surface area (Å²) in [4.78, 5) is 26.9. The minimum absolute atomic E-state index is 0.126. The number of alkyl halides is 3. The van der Waals surface area contributed by atoms with E-state index in [0.29, 0.717) is 27.6 Å². The molecule has 0 radical (unpaired) electrons. The van der Waals surface area contributed by atoms with Crippen LogP contribution in [0.2, 0.25) is 0 Å². The maximum Gasteiger partial charge on any atom is 0.432 e. The number of aromatic nitrogens is 1. The van der Waals surface area contributed by atoms with E-state index in [1.807, 2.05) is 6.92 Å². The van der Waals surface area contributed by atoms with Gasteiger partial charge >= 0.3 is 18.2 Å². The molecule has 1 N–H and O–H groups in total. The van der Waals surface area contributed by atoms with Gasteiger partial charge in [0.25, 0.3) is 15.6 Å². The van der Waals surface area contributed by atoms with Gasteiger partial charge in [0.05, 0.1) is 16.5 Å². The zero-order chi connectivity index (χ0) is 37.2. The van der Waals surface area contributed by atoms with Gasteiger partial charge in [0.2, 0.25) is 0 Å². The van der Waals surface area contributed by atoms with Gasteiger partial charge in [0.1, 0.15) is 11.7 Å². The molecule has 4 aromatic rings. The van der Waals surface area contributed by atoms with Gasteiger partial charge in [-0.05, 0) is 76.8 Å². The number of alkyl carbamates (subject to hydrolysis) is 1. The third-order valence-electron chi connectivity index (χ3n) is 8.07. The van der Waals surface area contributed by atoms with E-state index in [4.69, 9.17) is 14.2 Å². The second-order valence-corrected chi connectivity index (χ2v) is 14.8. The molecule has 0 aliphatic rings. The largest absolute Gasteiger partial charge is 0.453 e. The summed E-state index contributed by atoms with van der Waals surface area (Å²) in [6, 6.07) is 15.2. The number of esters is 1. The number of aryl methyl sites for hydroxylation is 3. The Kier molecular flexibility index (Phi) is 10.9. The number of methoxy groups -OCH3 is 1. The highest BCUT2D eigenvalue weighted by atomic mass is 32.2. The Hall–Kier alpha value is -4.62. The highest BCUT2D eigenvalue weighted by Crippen LogP contribution is 2.43. The number of halogens is 3. The van der Waals surface area contributed by atoms with E-state index in [9.17, 15) is 31.2 Å². The van der Waals surface area contributed by atoms with Gasteiger partial charge < -0.3 is 19.5 Å². The van der Waals surface area contributed by atoms with Crippen LogP contribution in [0.1, 0.15) is 48.6 Å². The molecule has 0 saturated heterocycles. The fraction of sp³-hybridized carbons (Fsp3) is 0.351. The van der Waals surface area contributed by atoms with Gasteiger partial charge in [-0.25, -0.2) is 22.0 Å². The van der Waals surface area contributed by atoms with Crippen molar-refractivity contribution in [3.05, 3.63) is 113 Å². The summed E-state index contributed by atoms with van der Waals surface area (Å²) in [6.07, 6.45) is -5.52. The molecule has 0 bridgehead atoms. The van der Waals surface area contributed by atoms with Crippen molar-refractivity contribution in [2.45, 2.75) is 82.4 Å². The molecule has 0 spiro atoms. The van der Waals surface area contributed by atoms with Crippen LogP contribution in [-0.4, -0.2) is 55.5 Å². The van der Waals surface area contributed by atoms with Crippen LogP contribution in [0.3, 0.4) is 0 Å². The first-order valence-corrected chi connectivity index (χ1v) is 17.1. The summed E-state index contributed by atoms with van der Waals surface area (Å²) in [5.41, 5.74) is -2.29. The van der Waals surface area contributed by atoms with Crippen molar-refractivity contribution in [3.63, 3.8) is 0 Å². The maximum absolute atomic E-state index is 14.7. The summed E-state index contributed by atoms with van der Waals surface area (Å²) < 4.78 is 89.5. The fourth-order valence-corrected chi connectivity index (χ4v) is 7.90. The van der Waals surface area contributed by atoms with Crippen LogP contribution in [0.5, 0.6) is 0 Å². The monoisotopic (exact) mass is 714 g/mol. The standard InChI is InChI=1S/C37H41F3N2O7S/c1-9-31(48-33(43)36(47-8,37(38,39)40)27-15-11-10-12-16-27)29(41-34(44)49-35(5,6)7)21-26-22-42(30-18-14-13-17-28(26)30)50(45,46)32-24(3)19-23(2)20-25(32)4/h9-20,22,29,31H,1,21H2,2-8H3,(H,41,44)/t29-,31-,36?/m0/s1. The van der Waals surface area contributed by atoms with Crippen LogP contribution < -0.4 is 5.32 Å². The van der Waals surface area contributed by atoms with Gasteiger partial charge in [0.15, 0.2) is 0 Å². The highest BCUT2D eigenvalue weighted by molar-refractivity contribution is 7.90. The number of amides is 1. The zero-order valence-corrected chi connectivity index (χ0v) is 29.7. The lowest BCUT2D eigenvalue weighted by molar-refractivity contribution is -0.277. The van der Waals surface area contributed by atoms with Crippen molar-refractivity contribution in [1.29, 1.82) is 0 Å². The Morgan fingerprint density at radius 3 is 2.08 bits per heavy atom. The Balaban J connectivity index is 1.83. The van der Waals surface area contributed by atoms with E-state index in [1.165, 1.54) is 24.4 Å². The molecule has 1 amide bonds. The number of nitrogens with zero attached hydrogens (tertiary/aromatic N) is 1. The van der Waals surface area contributed by atoms with Crippen molar-refractivity contribution in [2.24, 2.45) is 0 Å². The van der Waals surface area contributed by atoms with Gasteiger partial charge in [-0.1, -0.05) is 72.8 Å². The molecule has 0 fully saturated rings. The van der Waals surface area contributed by atoms with E-state index < -0.39 is 57.2 Å². The predicted octanol–water partition coefficient (Wildman–Crippen LogP) is 7.44. The molecule has 13 heteroatoms. The molecule has 268 valence electrons. The number of rotatable bonds is 11. The number of hydrogen-bond donors (Lipinski definition) is 1. The Morgan fingerprint density at radius 1 is 0.960 bits per heavy atom. The number of fused-ring (bicyclic) bond motifs is 1. The molecule has 0 aliphatic heterocycles. The molecule has 9 nitrogen and oxygen atoms in total. The van der Waals surface area contributed by atoms with E-state index in [1.54, 1.807) is 71.0 Å². The van der Waals surface area contributed by atoms with Crippen molar-refractivity contribution >= 4 is 33.0 Å². The predicted molar refractivity (Wildman–Crippen MR) is 183 cm³/mol. The quantitative estimate of drug-likeness (QED) is 0.127. The lowest BCUT2D eigenvalue weighted by Gasteiger charge is -2.35. The van der Waals surface area contributed by atoms with E-state index in [0.717, 1.165) is 34.9 Å². The molecule has 0 aliphatic carbocycles. The number of benzene rings is 3. The number of nitrogens with one attached hydrogen (secondary N) is 1. The molecule has 1 unspecified atom stereocenters. The van der Waals surface area contributed by atoms with Crippen molar-refractivity contribution in [1.82, 2.24) is 9.29 Å². The summed E-state index contributed by atoms with van der Waals surface area (Å²) in [6.45, 7) is 13.8. The third-order valence-corrected chi connectivity index (χ3v) is 10.0. The van der Waals surface area contributed by atoms with Gasteiger partial charge in [-0.2, -0.15) is 13.2 Å². The minimum Gasteiger partial charge on any atom is -0.453 e. The first-order valence-electron chi connectivity index (χ1n) is 15.7. The molecule has 4 rings (SSSR count). The number of para-hydroxylation sites is 1. The first-order chi connectivity index (χ1) is 23.3. The lowest BCUT2D eigenvalue weighted by atomic mass is 9.92.